The molecule has 0 atom stereocenters. The van der Waals surface area contributed by atoms with E-state index in [-0.39, 0.29) is 5.56 Å². The molecule has 0 bridgehead atoms. The molecule has 1 heterocycles. The summed E-state index contributed by atoms with van der Waals surface area (Å²) in [5, 5.41) is 0. The van der Waals surface area contributed by atoms with Crippen molar-refractivity contribution in [1.29, 1.82) is 0 Å². The van der Waals surface area contributed by atoms with E-state index >= 15 is 0 Å². The first-order valence-electron chi connectivity index (χ1n) is 10.0. The lowest BCUT2D eigenvalue weighted by Gasteiger charge is -2.34. The molecule has 1 saturated heterocycles. The monoisotopic (exact) mass is 378 g/mol. The highest BCUT2D eigenvalue weighted by Crippen LogP contribution is 2.41. The van der Waals surface area contributed by atoms with E-state index in [1.807, 2.05) is 0 Å². The number of quaternary nitrogens is 2. The van der Waals surface area contributed by atoms with Crippen LogP contribution in [-0.2, 0) is 6.54 Å². The Kier molecular flexibility index (Phi) is 4.46. The number of nitrogens with one attached hydrogen (secondary N) is 2. The predicted molar refractivity (Wildman–Crippen MR) is 105 cm³/mol. The third-order valence-electron chi connectivity index (χ3n) is 6.33. The van der Waals surface area contributed by atoms with Crippen LogP contribution in [0.3, 0.4) is 0 Å². The van der Waals surface area contributed by atoms with Crippen LogP contribution in [0.25, 0.3) is 11.1 Å². The number of rotatable bonds is 3. The highest BCUT2D eigenvalue weighted by atomic mass is 19.1. The van der Waals surface area contributed by atoms with Crippen molar-refractivity contribution in [1.82, 2.24) is 0 Å². The second-order valence-electron chi connectivity index (χ2n) is 7.89. The van der Waals surface area contributed by atoms with Crippen molar-refractivity contribution >= 4 is 0 Å². The fourth-order valence-electron chi connectivity index (χ4n) is 4.94. The van der Waals surface area contributed by atoms with Gasteiger partial charge in [0.25, 0.3) is 0 Å². The zero-order valence-corrected chi connectivity index (χ0v) is 15.7. The first-order chi connectivity index (χ1) is 13.7. The first kappa shape index (κ1) is 17.5. The van der Waals surface area contributed by atoms with Gasteiger partial charge >= 0.3 is 0 Å². The molecule has 4 heteroatoms. The van der Waals surface area contributed by atoms with Gasteiger partial charge in [0.1, 0.15) is 50.4 Å². The lowest BCUT2D eigenvalue weighted by Crippen LogP contribution is -3.27. The van der Waals surface area contributed by atoms with E-state index < -0.39 is 11.6 Å². The predicted octanol–water partition coefficient (Wildman–Crippen LogP) is 2.02. The van der Waals surface area contributed by atoms with Gasteiger partial charge in [-0.25, -0.2) is 8.78 Å². The van der Waals surface area contributed by atoms with Gasteiger partial charge in [-0.1, -0.05) is 54.6 Å². The van der Waals surface area contributed by atoms with Gasteiger partial charge in [-0.05, 0) is 23.3 Å². The Labute approximate surface area is 164 Å². The minimum atomic E-state index is -0.430. The van der Waals surface area contributed by atoms with Gasteiger partial charge in [-0.15, -0.1) is 0 Å². The number of hydrogen-bond acceptors (Lipinski definition) is 0. The fraction of sp³-hybridized carbons (Fsp3) is 0.250. The summed E-state index contributed by atoms with van der Waals surface area (Å²) in [5.74, 6) is -0.859. The molecule has 3 aromatic rings. The third kappa shape index (κ3) is 2.93. The van der Waals surface area contributed by atoms with Gasteiger partial charge in [0, 0.05) is 11.1 Å². The van der Waals surface area contributed by atoms with E-state index in [0.717, 1.165) is 26.2 Å². The summed E-state index contributed by atoms with van der Waals surface area (Å²) in [5.41, 5.74) is 5.72. The third-order valence-corrected chi connectivity index (χ3v) is 6.33. The molecular formula is C24H24F2N2+2. The van der Waals surface area contributed by atoms with Crippen LogP contribution < -0.4 is 9.80 Å². The molecule has 2 aliphatic rings. The van der Waals surface area contributed by atoms with Gasteiger partial charge in [0.05, 0.1) is 5.56 Å². The summed E-state index contributed by atoms with van der Waals surface area (Å²) in [6.45, 7) is 4.26. The molecule has 0 aromatic heterocycles. The molecule has 0 unspecified atom stereocenters. The van der Waals surface area contributed by atoms with E-state index in [2.05, 4.69) is 48.5 Å². The average Bonchev–Trinajstić information content (AvgIpc) is 3.06. The second kappa shape index (κ2) is 7.12. The largest absolute Gasteiger partial charge is 0.322 e. The molecule has 0 spiro atoms. The molecule has 2 nitrogen and oxygen atoms in total. The molecule has 28 heavy (non-hydrogen) atoms. The SMILES string of the molecule is Fc1cccc(F)c1C[NH+]1CC[NH+](C2c3ccccc3-c3ccccc32)CC1. The lowest BCUT2D eigenvalue weighted by atomic mass is 10.0. The van der Waals surface area contributed by atoms with Crippen LogP contribution in [-0.4, -0.2) is 26.2 Å². The van der Waals surface area contributed by atoms with E-state index in [0.29, 0.717) is 12.6 Å². The Morgan fingerprint density at radius 3 is 1.79 bits per heavy atom. The van der Waals surface area contributed by atoms with Crippen LogP contribution in [0.1, 0.15) is 22.7 Å². The van der Waals surface area contributed by atoms with Gasteiger partial charge < -0.3 is 9.80 Å². The second-order valence-corrected chi connectivity index (χ2v) is 7.89. The van der Waals surface area contributed by atoms with Crippen molar-refractivity contribution in [3.63, 3.8) is 0 Å². The maximum absolute atomic E-state index is 14.0. The fourth-order valence-corrected chi connectivity index (χ4v) is 4.94. The van der Waals surface area contributed by atoms with Crippen molar-refractivity contribution in [2.45, 2.75) is 12.6 Å². The van der Waals surface area contributed by atoms with E-state index in [1.165, 1.54) is 45.4 Å². The van der Waals surface area contributed by atoms with Crippen molar-refractivity contribution in [2.75, 3.05) is 26.2 Å². The first-order valence-corrected chi connectivity index (χ1v) is 10.0. The van der Waals surface area contributed by atoms with Crippen molar-refractivity contribution in [3.05, 3.63) is 95.1 Å². The Hall–Kier alpha value is -2.56. The van der Waals surface area contributed by atoms with Crippen LogP contribution in [0.2, 0.25) is 0 Å². The average molecular weight is 378 g/mol. The van der Waals surface area contributed by atoms with Crippen LogP contribution >= 0.6 is 0 Å². The Morgan fingerprint density at radius 2 is 1.21 bits per heavy atom. The zero-order valence-electron chi connectivity index (χ0n) is 15.7. The van der Waals surface area contributed by atoms with Crippen molar-refractivity contribution < 1.29 is 18.6 Å². The maximum atomic E-state index is 14.0. The number of fused-ring (bicyclic) bond motifs is 3. The minimum absolute atomic E-state index is 0.220. The summed E-state index contributed by atoms with van der Waals surface area (Å²) >= 11 is 0. The smallest absolute Gasteiger partial charge is 0.140 e. The topological polar surface area (TPSA) is 8.88 Å². The highest BCUT2D eigenvalue weighted by Gasteiger charge is 2.38. The number of halogens is 2. The summed E-state index contributed by atoms with van der Waals surface area (Å²) in [6, 6.07) is 21.9. The molecule has 5 rings (SSSR count). The summed E-state index contributed by atoms with van der Waals surface area (Å²) in [4.78, 5) is 2.81. The number of piperazine rings is 1. The van der Waals surface area contributed by atoms with Crippen LogP contribution in [0, 0.1) is 11.6 Å². The Bertz CT molecular complexity index is 943. The van der Waals surface area contributed by atoms with E-state index in [1.54, 1.807) is 4.90 Å². The quantitative estimate of drug-likeness (QED) is 0.690. The molecule has 1 fully saturated rings. The highest BCUT2D eigenvalue weighted by molar-refractivity contribution is 5.77. The van der Waals surface area contributed by atoms with Crippen molar-refractivity contribution in [3.8, 4) is 11.1 Å². The molecule has 0 radical (unpaired) electrons. The molecular weight excluding hydrogens is 354 g/mol. The molecule has 2 N–H and O–H groups in total. The maximum Gasteiger partial charge on any atom is 0.140 e. The number of benzene rings is 3. The van der Waals surface area contributed by atoms with Gasteiger partial charge in [0.2, 0.25) is 0 Å². The van der Waals surface area contributed by atoms with Gasteiger partial charge in [0.15, 0.2) is 0 Å². The lowest BCUT2D eigenvalue weighted by molar-refractivity contribution is -1.03. The summed E-state index contributed by atoms with van der Waals surface area (Å²) in [6.07, 6.45) is 0. The van der Waals surface area contributed by atoms with E-state index in [9.17, 15) is 8.78 Å². The van der Waals surface area contributed by atoms with Gasteiger partial charge in [-0.3, -0.25) is 0 Å². The van der Waals surface area contributed by atoms with Crippen LogP contribution in [0.15, 0.2) is 66.7 Å². The Balaban J connectivity index is 1.35. The molecule has 142 valence electrons. The molecule has 0 amide bonds. The van der Waals surface area contributed by atoms with Gasteiger partial charge in [-0.2, -0.15) is 0 Å². The summed E-state index contributed by atoms with van der Waals surface area (Å²) < 4.78 is 28.0. The molecule has 1 aliphatic heterocycles. The summed E-state index contributed by atoms with van der Waals surface area (Å²) in [7, 11) is 0. The van der Waals surface area contributed by atoms with Crippen molar-refractivity contribution in [2.24, 2.45) is 0 Å². The minimum Gasteiger partial charge on any atom is -0.322 e. The standard InChI is InChI=1S/C24H22F2N2/c25-22-10-5-11-23(26)21(22)16-27-12-14-28(15-13-27)24-19-8-3-1-6-17(19)18-7-2-4-9-20(18)24/h1-11,24H,12-16H2/p+2. The number of hydrogen-bond donors (Lipinski definition) is 2. The van der Waals surface area contributed by atoms with Crippen LogP contribution in [0.5, 0.6) is 0 Å². The van der Waals surface area contributed by atoms with Crippen LogP contribution in [0.4, 0.5) is 8.78 Å². The normalized spacial score (nSPS) is 21.4. The molecule has 1 aliphatic carbocycles. The molecule has 0 saturated carbocycles. The van der Waals surface area contributed by atoms with E-state index in [4.69, 9.17) is 0 Å². The Morgan fingerprint density at radius 1 is 0.679 bits per heavy atom. The zero-order chi connectivity index (χ0) is 19.1. The molecule has 3 aromatic carbocycles.